The maximum Gasteiger partial charge on any atom is 0.416 e. The first kappa shape index (κ1) is 75.9. The zero-order chi connectivity index (χ0) is 67.8. The molecule has 1 atom stereocenters. The summed E-state index contributed by atoms with van der Waals surface area (Å²) in [6.45, 7) is 13.8. The molecule has 0 saturated carbocycles. The van der Waals surface area contributed by atoms with Crippen LogP contribution in [-0.2, 0) is 80.5 Å². The van der Waals surface area contributed by atoms with Gasteiger partial charge in [0.05, 0.1) is 55.9 Å². The van der Waals surface area contributed by atoms with E-state index in [0.717, 1.165) is 24.2 Å². The van der Waals surface area contributed by atoms with E-state index in [1.165, 1.54) is 36.8 Å². The van der Waals surface area contributed by atoms with Gasteiger partial charge in [-0.25, -0.2) is 4.98 Å². The van der Waals surface area contributed by atoms with Crippen molar-refractivity contribution < 1.29 is 130 Å². The van der Waals surface area contributed by atoms with E-state index < -0.39 is 203 Å². The number of fused-ring (bicyclic) bond motifs is 1. The maximum atomic E-state index is 14.2. The van der Waals surface area contributed by atoms with Crippen LogP contribution in [0.5, 0.6) is 0 Å². The molecule has 6 aromatic rings. The second-order valence-corrected chi connectivity index (χ2v) is 26.7. The Morgan fingerprint density at radius 3 is 0.879 bits per heavy atom. The molecular weight excluding hydrogens is 1460 g/mol. The van der Waals surface area contributed by atoms with Gasteiger partial charge in [0.2, 0.25) is 0 Å². The second kappa shape index (κ2) is 27.6. The van der Waals surface area contributed by atoms with Crippen LogP contribution in [0.1, 0.15) is 136 Å². The van der Waals surface area contributed by atoms with Gasteiger partial charge in [-0.15, -0.1) is 0 Å². The fourth-order valence-corrected chi connectivity index (χ4v) is 13.8. The number of aromatic nitrogens is 1. The predicted octanol–water partition coefficient (Wildman–Crippen LogP) is 20.6. The normalized spacial score (nSPS) is 16.3. The van der Waals surface area contributed by atoms with Crippen molar-refractivity contribution in [1.82, 2.24) is 4.98 Å². The van der Waals surface area contributed by atoms with E-state index in [9.17, 15) is 105 Å². The van der Waals surface area contributed by atoms with Crippen molar-refractivity contribution in [3.05, 3.63) is 195 Å². The fourth-order valence-electron chi connectivity index (χ4n) is 10.7. The Morgan fingerprint density at radius 1 is 0.374 bits per heavy atom. The Hall–Kier alpha value is -5.85. The van der Waals surface area contributed by atoms with Crippen molar-refractivity contribution in [3.63, 3.8) is 0 Å². The molecule has 0 aliphatic heterocycles. The Kier molecular flexibility index (Phi) is 23.0. The van der Waals surface area contributed by atoms with Crippen molar-refractivity contribution in [3.8, 4) is 11.3 Å². The zero-order valence-corrected chi connectivity index (χ0v) is 51.7. The van der Waals surface area contributed by atoms with Crippen LogP contribution in [0, 0.1) is 0 Å². The summed E-state index contributed by atoms with van der Waals surface area (Å²) < 4.78 is 348. The number of rotatable bonds is 7. The van der Waals surface area contributed by atoms with Gasteiger partial charge >= 0.3 is 49.4 Å². The van der Waals surface area contributed by atoms with Gasteiger partial charge < -0.3 is 4.52 Å². The average molecular weight is 1520 g/mol. The molecule has 0 fully saturated rings. The van der Waals surface area contributed by atoms with E-state index >= 15 is 0 Å². The Labute approximate surface area is 521 Å². The number of hydrogen-bond donors (Lipinski definition) is 0. The van der Waals surface area contributed by atoms with Crippen molar-refractivity contribution in [2.75, 3.05) is 0 Å². The van der Waals surface area contributed by atoms with Crippen molar-refractivity contribution >= 4 is 36.1 Å². The number of nitrogens with zero attached hydrogens (tertiary/aromatic N) is 1. The van der Waals surface area contributed by atoms with Gasteiger partial charge in [-0.05, 0) is 74.4 Å². The number of aryl methyl sites for hydroxylation is 1. The number of allylic oxidation sites excluding steroid dienone is 4. The van der Waals surface area contributed by atoms with Crippen molar-refractivity contribution in [1.29, 1.82) is 0 Å². The summed E-state index contributed by atoms with van der Waals surface area (Å²) in [6.07, 6.45) is -38.6. The number of halogens is 24. The summed E-state index contributed by atoms with van der Waals surface area (Å²) in [6, 6.07) is 6.00. The largest absolute Gasteiger partial charge is 0.416 e. The standard InChI is InChI=1S/C32H12BF24.C22H30NOP.C8H12.Ir/c34-25(35,36)13-1-14(26(37,38)39)6-21(5-13)33(22-7-15(27(40,41)42)2-16(8-22)28(43,44)45,23-9-17(29(46,47)48)3-18(10-23)30(49,50)51)24-11-19(31(52,53)54)4-20(12-24)32(55,56)57;1-21(2,3)25(22(4,5)6)24-19-15-13-17-12-14-18(23-20(17)19)16-10-8-7-9-11-16;1-2-4-6-8-7-5-3-1;/h1-12H;7-12,14,19H,13,15H2,1-6H3;1-2,7-8H,3-6H2;/q-1;;;/b;;2-1-,8-7-;/t;19-;;/m.0../s1. The molecule has 0 N–H and O–H groups in total. The molecular formula is C62H54BF24IrNOP-. The molecule has 2 aliphatic carbocycles. The van der Waals surface area contributed by atoms with Crippen LogP contribution in [0.3, 0.4) is 0 Å². The molecule has 0 bridgehead atoms. The Morgan fingerprint density at radius 2 is 0.637 bits per heavy atom. The van der Waals surface area contributed by atoms with E-state index in [4.69, 9.17) is 9.51 Å². The molecule has 1 aromatic heterocycles. The third-order valence-corrected chi connectivity index (χ3v) is 17.2. The summed E-state index contributed by atoms with van der Waals surface area (Å²) >= 11 is 0. The molecule has 1 heterocycles. The fraction of sp³-hybridized carbons (Fsp3) is 0.371. The minimum atomic E-state index is -6.13. The third-order valence-electron chi connectivity index (χ3n) is 14.3. The molecule has 0 spiro atoms. The van der Waals surface area contributed by atoms with Crippen LogP contribution in [-0.4, -0.2) is 21.4 Å². The molecule has 0 unspecified atom stereocenters. The molecule has 8 rings (SSSR count). The van der Waals surface area contributed by atoms with Crippen LogP contribution < -0.4 is 21.9 Å². The Bertz CT molecular complexity index is 3050. The zero-order valence-electron chi connectivity index (χ0n) is 48.4. The van der Waals surface area contributed by atoms with E-state index in [2.05, 4.69) is 102 Å². The average Bonchev–Trinajstić information content (AvgIpc) is 1.30. The summed E-state index contributed by atoms with van der Waals surface area (Å²) in [5.41, 5.74) is -25.5. The van der Waals surface area contributed by atoms with Gasteiger partial charge in [-0.3, -0.25) is 0 Å². The molecule has 0 amide bonds. The number of pyridine rings is 1. The second-order valence-electron chi connectivity index (χ2n) is 23.2. The van der Waals surface area contributed by atoms with Crippen LogP contribution in [0.2, 0.25) is 0 Å². The van der Waals surface area contributed by atoms with Gasteiger partial charge in [0, 0.05) is 44.1 Å². The number of benzene rings is 5. The smallest absolute Gasteiger partial charge is 0.349 e. The van der Waals surface area contributed by atoms with Crippen LogP contribution in [0.4, 0.5) is 105 Å². The Balaban J connectivity index is 0.000000359. The predicted molar refractivity (Wildman–Crippen MR) is 295 cm³/mol. The summed E-state index contributed by atoms with van der Waals surface area (Å²) in [5.74, 6) is 0. The molecule has 0 saturated heterocycles. The quantitative estimate of drug-likeness (QED) is 0.0688. The molecule has 91 heavy (non-hydrogen) atoms. The van der Waals surface area contributed by atoms with Gasteiger partial charge in [0.1, 0.15) is 12.2 Å². The molecule has 2 nitrogen and oxygen atoms in total. The van der Waals surface area contributed by atoms with Gasteiger partial charge in [0.25, 0.3) is 0 Å². The van der Waals surface area contributed by atoms with Gasteiger partial charge in [-0.2, -0.15) is 127 Å². The monoisotopic (exact) mass is 1520 g/mol. The van der Waals surface area contributed by atoms with Crippen LogP contribution in [0.15, 0.2) is 140 Å². The molecule has 29 heteroatoms. The summed E-state index contributed by atoms with van der Waals surface area (Å²) in [5, 5.41) is 0.320. The molecule has 5 aromatic carbocycles. The van der Waals surface area contributed by atoms with Crippen molar-refractivity contribution in [2.24, 2.45) is 0 Å². The van der Waals surface area contributed by atoms with Crippen LogP contribution in [0.25, 0.3) is 11.3 Å². The van der Waals surface area contributed by atoms with E-state index in [0.29, 0.717) is 0 Å². The van der Waals surface area contributed by atoms with Gasteiger partial charge in [-0.1, -0.05) is 151 Å². The third kappa shape index (κ3) is 19.2. The minimum Gasteiger partial charge on any atom is -0.349 e. The molecule has 499 valence electrons. The summed E-state index contributed by atoms with van der Waals surface area (Å²) in [4.78, 5) is 5.01. The van der Waals surface area contributed by atoms with E-state index in [1.54, 1.807) is 0 Å². The summed E-state index contributed by atoms with van der Waals surface area (Å²) in [7, 11) is -0.582. The first-order valence-electron chi connectivity index (χ1n) is 27.1. The van der Waals surface area contributed by atoms with Gasteiger partial charge in [0.15, 0.2) is 0 Å². The topological polar surface area (TPSA) is 22.1 Å². The molecule has 1 radical (unpaired) electrons. The number of alkyl halides is 24. The van der Waals surface area contributed by atoms with E-state index in [-0.39, 0.29) is 36.5 Å². The first-order chi connectivity index (χ1) is 40.9. The minimum absolute atomic E-state index is 0. The SMILES string of the molecule is C1=C\CC/C=C\CC/1.CC(C)(C)P(O[C@H]1CCc2ccc(-c3ccccc3)nc21)C(C)(C)C.FC(F)(F)c1cc([B-](c2cc(C(F)(F)F)cc(C(F)(F)F)c2)(c2cc(C(F)(F)F)cc(C(F)(F)F)c2)c2cc(C(F)(F)F)cc(C(F)(F)F)c2)cc(C(F)(F)F)c1.[Ir]. The van der Waals surface area contributed by atoms with E-state index in [1.807, 2.05) is 6.07 Å². The van der Waals surface area contributed by atoms with Crippen molar-refractivity contribution in [2.45, 2.75) is 146 Å². The molecule has 2 aliphatic rings. The van der Waals surface area contributed by atoms with Crippen LogP contribution >= 0.6 is 8.15 Å². The first-order valence-corrected chi connectivity index (χ1v) is 28.4. The number of hydrogen-bond acceptors (Lipinski definition) is 2. The maximum absolute atomic E-state index is 14.2.